The summed E-state index contributed by atoms with van der Waals surface area (Å²) in [6.45, 7) is 3.40. The molecule has 2 aromatic carbocycles. The minimum absolute atomic E-state index is 0.0616. The second-order valence-corrected chi connectivity index (χ2v) is 13.6. The first-order valence-corrected chi connectivity index (χ1v) is 15.6. The Morgan fingerprint density at radius 1 is 0.978 bits per heavy atom. The number of rotatable bonds is 11. The lowest BCUT2D eigenvalue weighted by atomic mass is 9.95. The Kier molecular flexibility index (Phi) is 11.0. The maximum Gasteiger partial charge on any atom is 0.410 e. The minimum Gasteiger partial charge on any atom is -0.461 e. The van der Waals surface area contributed by atoms with E-state index < -0.39 is 75.1 Å². The second-order valence-electron chi connectivity index (χ2n) is 10.3. The standard InChI is InChI=1S/C29H27Cl3N2O11S/c1-15(35)43-19-10-9-18(11-20(19)44-16(2)36)25(38)42-14-28(3)22(26(39)41-12-17-7-5-4-6-8-17)34-23(37)21(24(34)46-28)33-27(40)45-29(31,32)13-30/h4-11,21-22,24H,12-14H2,1-3H3,(H,33,40)/t21-,22?,24-,28+/m1/s1. The lowest BCUT2D eigenvalue weighted by Crippen LogP contribution is -2.71. The number of alkyl halides is 3. The van der Waals surface area contributed by atoms with E-state index in [4.69, 9.17) is 58.5 Å². The largest absolute Gasteiger partial charge is 0.461 e. The van der Waals surface area contributed by atoms with Gasteiger partial charge in [0.2, 0.25) is 5.91 Å². The van der Waals surface area contributed by atoms with Crippen molar-refractivity contribution in [2.45, 2.75) is 54.1 Å². The normalized spacial score (nSPS) is 21.7. The van der Waals surface area contributed by atoms with E-state index in [-0.39, 0.29) is 23.7 Å². The van der Waals surface area contributed by atoms with Gasteiger partial charge in [-0.2, -0.15) is 0 Å². The van der Waals surface area contributed by atoms with E-state index in [9.17, 15) is 28.8 Å². The van der Waals surface area contributed by atoms with Gasteiger partial charge in [0.05, 0.1) is 16.2 Å². The van der Waals surface area contributed by atoms with Crippen molar-refractivity contribution in [3.63, 3.8) is 0 Å². The molecule has 2 amide bonds. The van der Waals surface area contributed by atoms with Crippen LogP contribution in [0.3, 0.4) is 0 Å². The van der Waals surface area contributed by atoms with Gasteiger partial charge in [-0.1, -0.05) is 53.5 Å². The molecule has 13 nitrogen and oxygen atoms in total. The van der Waals surface area contributed by atoms with Crippen LogP contribution in [0, 0.1) is 0 Å². The zero-order chi connectivity index (χ0) is 33.8. The highest BCUT2D eigenvalue weighted by Gasteiger charge is 2.66. The van der Waals surface area contributed by atoms with Gasteiger partial charge in [0.25, 0.3) is 4.52 Å². The van der Waals surface area contributed by atoms with Crippen LogP contribution >= 0.6 is 46.6 Å². The predicted molar refractivity (Wildman–Crippen MR) is 165 cm³/mol. The molecule has 17 heteroatoms. The summed E-state index contributed by atoms with van der Waals surface area (Å²) in [4.78, 5) is 76.5. The topological polar surface area (TPSA) is 164 Å². The van der Waals surface area contributed by atoms with Gasteiger partial charge in [0.15, 0.2) is 11.5 Å². The van der Waals surface area contributed by atoms with Crippen LogP contribution in [0.25, 0.3) is 0 Å². The molecule has 46 heavy (non-hydrogen) atoms. The number of alkyl carbamates (subject to hydrolysis) is 1. The molecule has 2 aliphatic heterocycles. The summed E-state index contributed by atoms with van der Waals surface area (Å²) in [7, 11) is 0. The Balaban J connectivity index is 1.54. The molecule has 0 bridgehead atoms. The predicted octanol–water partition coefficient (Wildman–Crippen LogP) is 3.94. The van der Waals surface area contributed by atoms with Crippen LogP contribution in [0.1, 0.15) is 36.7 Å². The van der Waals surface area contributed by atoms with Crippen molar-refractivity contribution < 1.29 is 52.5 Å². The minimum atomic E-state index is -2.04. The Morgan fingerprint density at radius 3 is 2.26 bits per heavy atom. The van der Waals surface area contributed by atoms with Crippen LogP contribution in [0.4, 0.5) is 4.79 Å². The van der Waals surface area contributed by atoms with Gasteiger partial charge >= 0.3 is 30.0 Å². The van der Waals surface area contributed by atoms with Crippen molar-refractivity contribution in [1.29, 1.82) is 0 Å². The number of thioether (sulfide) groups is 1. The fraction of sp³-hybridized carbons (Fsp3) is 0.379. The van der Waals surface area contributed by atoms with E-state index >= 15 is 0 Å². The van der Waals surface area contributed by atoms with Gasteiger partial charge in [-0.3, -0.25) is 14.4 Å². The molecule has 0 aliphatic carbocycles. The fourth-order valence-electron chi connectivity index (χ4n) is 4.66. The number of nitrogens with zero attached hydrogens (tertiary/aromatic N) is 1. The monoisotopic (exact) mass is 716 g/mol. The van der Waals surface area contributed by atoms with Gasteiger partial charge in [-0.15, -0.1) is 23.4 Å². The zero-order valence-corrected chi connectivity index (χ0v) is 27.5. The van der Waals surface area contributed by atoms with Crippen LogP contribution in [0.2, 0.25) is 0 Å². The zero-order valence-electron chi connectivity index (χ0n) is 24.5. The highest BCUT2D eigenvalue weighted by atomic mass is 35.5. The SMILES string of the molecule is CC(=O)Oc1ccc(C(=O)OC[C@]2(C)S[C@@H]3[C@H](NC(=O)OC(Cl)(Cl)CCl)C(=O)N3C2C(=O)OCc2ccccc2)cc1OC(C)=O. The number of β-lactam (4-membered cyclic amide) rings is 1. The van der Waals surface area contributed by atoms with E-state index in [0.717, 1.165) is 31.7 Å². The average molecular weight is 718 g/mol. The third-order valence-corrected chi connectivity index (χ3v) is 9.31. The Labute approximate surface area is 282 Å². The number of carbonyl (C=O) groups is 6. The van der Waals surface area contributed by atoms with Gasteiger partial charge in [-0.25, -0.2) is 14.4 Å². The molecule has 2 heterocycles. The number of carbonyl (C=O) groups excluding carboxylic acids is 6. The molecule has 246 valence electrons. The quantitative estimate of drug-likeness (QED) is 0.117. The summed E-state index contributed by atoms with van der Waals surface area (Å²) in [5.41, 5.74) is 0.641. The molecule has 1 N–H and O–H groups in total. The molecular weight excluding hydrogens is 691 g/mol. The number of hydrogen-bond donors (Lipinski definition) is 1. The highest BCUT2D eigenvalue weighted by Crippen LogP contribution is 2.51. The summed E-state index contributed by atoms with van der Waals surface area (Å²) in [5.74, 6) is -4.40. The van der Waals surface area contributed by atoms with Crippen LogP contribution in [-0.2, 0) is 40.0 Å². The number of hydrogen-bond acceptors (Lipinski definition) is 12. The van der Waals surface area contributed by atoms with Crippen molar-refractivity contribution in [2.24, 2.45) is 0 Å². The number of halogens is 3. The third kappa shape index (κ3) is 8.16. The first kappa shape index (κ1) is 35.1. The van der Waals surface area contributed by atoms with Crippen molar-refractivity contribution in [2.75, 3.05) is 12.5 Å². The van der Waals surface area contributed by atoms with Crippen molar-refractivity contribution in [3.05, 3.63) is 59.7 Å². The van der Waals surface area contributed by atoms with Crippen LogP contribution in [0.5, 0.6) is 11.5 Å². The molecule has 0 aromatic heterocycles. The fourth-order valence-corrected chi connectivity index (χ4v) is 6.53. The lowest BCUT2D eigenvalue weighted by Gasteiger charge is -2.43. The smallest absolute Gasteiger partial charge is 0.410 e. The molecule has 0 spiro atoms. The second kappa shape index (κ2) is 14.4. The summed E-state index contributed by atoms with van der Waals surface area (Å²) in [5, 5.41) is 1.59. The molecular formula is C29H27Cl3N2O11S. The van der Waals surface area contributed by atoms with Gasteiger partial charge in [-0.05, 0) is 30.7 Å². The summed E-state index contributed by atoms with van der Waals surface area (Å²) in [6, 6.07) is 10.2. The molecule has 2 aliphatic rings. The molecule has 2 fully saturated rings. The van der Waals surface area contributed by atoms with Gasteiger partial charge in [0, 0.05) is 13.8 Å². The van der Waals surface area contributed by atoms with Crippen LogP contribution in [0.15, 0.2) is 48.5 Å². The number of nitrogens with one attached hydrogen (secondary N) is 1. The third-order valence-electron chi connectivity index (χ3n) is 6.62. The first-order valence-electron chi connectivity index (χ1n) is 13.5. The molecule has 2 aromatic rings. The molecule has 4 atom stereocenters. The first-order chi connectivity index (χ1) is 21.6. The van der Waals surface area contributed by atoms with E-state index in [2.05, 4.69) is 5.32 Å². The Morgan fingerprint density at radius 2 is 1.63 bits per heavy atom. The maximum atomic E-state index is 13.5. The number of amides is 2. The lowest BCUT2D eigenvalue weighted by molar-refractivity contribution is -0.165. The summed E-state index contributed by atoms with van der Waals surface area (Å²) < 4.78 is 22.8. The summed E-state index contributed by atoms with van der Waals surface area (Å²) in [6.07, 6.45) is -1.12. The van der Waals surface area contributed by atoms with Gasteiger partial charge < -0.3 is 33.9 Å². The van der Waals surface area contributed by atoms with Crippen LogP contribution < -0.4 is 14.8 Å². The maximum absolute atomic E-state index is 13.5. The molecule has 0 saturated carbocycles. The highest BCUT2D eigenvalue weighted by molar-refractivity contribution is 8.01. The Bertz CT molecular complexity index is 1540. The molecule has 4 rings (SSSR count). The van der Waals surface area contributed by atoms with Gasteiger partial charge in [0.1, 0.15) is 30.7 Å². The van der Waals surface area contributed by atoms with Crippen molar-refractivity contribution in [1.82, 2.24) is 10.2 Å². The molecule has 0 radical (unpaired) electrons. The average Bonchev–Trinajstić information content (AvgIpc) is 3.28. The number of fused-ring (bicyclic) bond motifs is 1. The summed E-state index contributed by atoms with van der Waals surface area (Å²) >= 11 is 18.2. The van der Waals surface area contributed by atoms with E-state index in [0.29, 0.717) is 5.56 Å². The van der Waals surface area contributed by atoms with E-state index in [1.54, 1.807) is 37.3 Å². The Hall–Kier alpha value is -3.72. The molecule has 2 saturated heterocycles. The number of esters is 4. The van der Waals surface area contributed by atoms with Crippen LogP contribution in [-0.4, -0.2) is 80.0 Å². The van der Waals surface area contributed by atoms with Crippen molar-refractivity contribution >= 4 is 82.4 Å². The van der Waals surface area contributed by atoms with Crippen molar-refractivity contribution in [3.8, 4) is 11.5 Å². The number of benzene rings is 2. The molecule has 1 unspecified atom stereocenters. The van der Waals surface area contributed by atoms with E-state index in [1.807, 2.05) is 0 Å². The van der Waals surface area contributed by atoms with E-state index in [1.165, 1.54) is 17.0 Å². The number of ether oxygens (including phenoxy) is 5.